The molecule has 0 bridgehead atoms. The molecule has 0 amide bonds. The predicted molar refractivity (Wildman–Crippen MR) is 52.7 cm³/mol. The minimum atomic E-state index is -2.21. The molecular formula is C6H10AlCl3O2. The normalized spacial score (nSPS) is 15.1. The summed E-state index contributed by atoms with van der Waals surface area (Å²) in [4.78, 5) is 10.6. The first-order valence-corrected chi connectivity index (χ1v) is 8.03. The van der Waals surface area contributed by atoms with E-state index in [2.05, 4.69) is 0 Å². The molecule has 1 atom stereocenters. The third-order valence-corrected chi connectivity index (χ3v) is 5.99. The van der Waals surface area contributed by atoms with Crippen molar-refractivity contribution in [3.05, 3.63) is 0 Å². The molecule has 70 valence electrons. The SMILES string of the molecule is CCC[C](Cl)(OC(C)=O)[Al]([Cl])[Cl]. The van der Waals surface area contributed by atoms with Gasteiger partial charge in [0.2, 0.25) is 0 Å². The molecule has 0 saturated carbocycles. The van der Waals surface area contributed by atoms with Crippen LogP contribution in [0.4, 0.5) is 0 Å². The highest BCUT2D eigenvalue weighted by Crippen LogP contribution is 2.30. The molecule has 1 unspecified atom stereocenters. The topological polar surface area (TPSA) is 26.3 Å². The second-order valence-electron chi connectivity index (χ2n) is 2.43. The summed E-state index contributed by atoms with van der Waals surface area (Å²) in [5.74, 6) is -0.447. The molecule has 0 rings (SSSR count). The lowest BCUT2D eigenvalue weighted by atomic mass is 10.3. The zero-order valence-corrected chi connectivity index (χ0v) is 10.4. The van der Waals surface area contributed by atoms with Crippen molar-refractivity contribution in [2.75, 3.05) is 0 Å². The average molecular weight is 247 g/mol. The number of carbonyl (C=O) groups excluding carboxylic acids is 1. The predicted octanol–water partition coefficient (Wildman–Crippen LogP) is 2.79. The molecule has 0 saturated heterocycles. The molecule has 0 aromatic carbocycles. The zero-order chi connectivity index (χ0) is 9.78. The smallest absolute Gasteiger partial charge is 0.456 e. The Morgan fingerprint density at radius 1 is 1.58 bits per heavy atom. The summed E-state index contributed by atoms with van der Waals surface area (Å²) in [6.45, 7) is 3.21. The fraction of sp³-hybridized carbons (Fsp3) is 0.833. The molecule has 0 aliphatic rings. The van der Waals surface area contributed by atoms with Crippen molar-refractivity contribution in [3.8, 4) is 0 Å². The summed E-state index contributed by atoms with van der Waals surface area (Å²) in [5.41, 5.74) is 0. The van der Waals surface area contributed by atoms with Crippen molar-refractivity contribution in [3.63, 3.8) is 0 Å². The third kappa shape index (κ3) is 4.21. The van der Waals surface area contributed by atoms with Crippen molar-refractivity contribution >= 4 is 50.0 Å². The van der Waals surface area contributed by atoms with E-state index in [0.29, 0.717) is 6.42 Å². The Morgan fingerprint density at radius 2 is 2.08 bits per heavy atom. The standard InChI is InChI=1S/C6H10ClO2.Al.2ClH/c1-3-4-6(7)9-5(2)8;;;/h3-4H2,1-2H3;;2*1H/q;+2;;/p-2. The van der Waals surface area contributed by atoms with Crippen molar-refractivity contribution < 1.29 is 9.53 Å². The number of rotatable bonds is 4. The van der Waals surface area contributed by atoms with Crippen LogP contribution in [-0.2, 0) is 9.53 Å². The van der Waals surface area contributed by atoms with Crippen LogP contribution in [0, 0.1) is 0 Å². The van der Waals surface area contributed by atoms with E-state index in [-0.39, 0.29) is 0 Å². The third-order valence-electron chi connectivity index (χ3n) is 1.23. The summed E-state index contributed by atoms with van der Waals surface area (Å²) >= 11 is 3.72. The minimum Gasteiger partial charge on any atom is -0.456 e. The number of esters is 1. The molecular weight excluding hydrogens is 237 g/mol. The lowest BCUT2D eigenvalue weighted by Gasteiger charge is -2.24. The molecule has 0 aromatic rings. The van der Waals surface area contributed by atoms with Crippen LogP contribution in [0.5, 0.6) is 0 Å². The number of carbonyl (C=O) groups is 1. The molecule has 0 spiro atoms. The summed E-state index contributed by atoms with van der Waals surface area (Å²) < 4.78 is 3.73. The molecule has 0 radical (unpaired) electrons. The van der Waals surface area contributed by atoms with Crippen LogP contribution in [0.15, 0.2) is 0 Å². The fourth-order valence-electron chi connectivity index (χ4n) is 0.785. The van der Waals surface area contributed by atoms with Crippen molar-refractivity contribution in [1.82, 2.24) is 0 Å². The van der Waals surface area contributed by atoms with Crippen molar-refractivity contribution in [1.29, 1.82) is 0 Å². The average Bonchev–Trinajstić information content (AvgIpc) is 1.85. The largest absolute Gasteiger partial charge is 0.593 e. The van der Waals surface area contributed by atoms with Gasteiger partial charge in [-0.25, -0.2) is 20.1 Å². The van der Waals surface area contributed by atoms with Crippen LogP contribution in [0.3, 0.4) is 0 Å². The van der Waals surface area contributed by atoms with Gasteiger partial charge in [0.1, 0.15) is 0 Å². The molecule has 0 aromatic heterocycles. The van der Waals surface area contributed by atoms with Gasteiger partial charge in [-0.05, 0) is 6.42 Å². The van der Waals surface area contributed by atoms with Gasteiger partial charge in [-0.2, -0.15) is 0 Å². The Kier molecular flexibility index (Phi) is 5.98. The first-order chi connectivity index (χ1) is 5.42. The van der Waals surface area contributed by atoms with Gasteiger partial charge < -0.3 is 4.74 Å². The number of hydrogen-bond donors (Lipinski definition) is 0. The van der Waals surface area contributed by atoms with E-state index in [1.165, 1.54) is 6.92 Å². The number of halogens is 3. The van der Waals surface area contributed by atoms with Crippen LogP contribution in [0.1, 0.15) is 26.7 Å². The molecule has 2 nitrogen and oxygen atoms in total. The zero-order valence-electron chi connectivity index (χ0n) is 6.94. The Hall–Kier alpha value is 0.872. The summed E-state index contributed by atoms with van der Waals surface area (Å²) in [6, 6.07) is 0. The van der Waals surface area contributed by atoms with E-state index in [1.807, 2.05) is 6.92 Å². The van der Waals surface area contributed by atoms with Gasteiger partial charge in [0, 0.05) is 6.92 Å². The van der Waals surface area contributed by atoms with Gasteiger partial charge in [0.15, 0.2) is 3.92 Å². The summed E-state index contributed by atoms with van der Waals surface area (Å²) in [7, 11) is 11.4. The Balaban J connectivity index is 4.28. The minimum absolute atomic E-state index is 0.447. The highest BCUT2D eigenvalue weighted by Gasteiger charge is 2.44. The Labute approximate surface area is 89.9 Å². The molecule has 12 heavy (non-hydrogen) atoms. The highest BCUT2D eigenvalue weighted by molar-refractivity contribution is 7.36. The lowest BCUT2D eigenvalue weighted by Crippen LogP contribution is -2.38. The van der Waals surface area contributed by atoms with E-state index in [0.717, 1.165) is 6.42 Å². The van der Waals surface area contributed by atoms with Crippen molar-refractivity contribution in [2.24, 2.45) is 0 Å². The fourth-order valence-corrected chi connectivity index (χ4v) is 2.77. The Bertz CT molecular complexity index is 165. The highest BCUT2D eigenvalue weighted by atomic mass is 35.7. The van der Waals surface area contributed by atoms with E-state index >= 15 is 0 Å². The monoisotopic (exact) mass is 246 g/mol. The molecule has 0 heterocycles. The summed E-state index contributed by atoms with van der Waals surface area (Å²) in [6.07, 6.45) is 1.28. The van der Waals surface area contributed by atoms with Crippen LogP contribution in [0.2, 0.25) is 0 Å². The maximum atomic E-state index is 10.6. The van der Waals surface area contributed by atoms with Gasteiger partial charge in [-0.15, -0.1) is 0 Å². The summed E-state index contributed by atoms with van der Waals surface area (Å²) in [5, 5.41) is 0. The molecule has 0 N–H and O–H groups in total. The Morgan fingerprint density at radius 3 is 2.33 bits per heavy atom. The van der Waals surface area contributed by atoms with E-state index in [1.54, 1.807) is 0 Å². The molecule has 0 fully saturated rings. The quantitative estimate of drug-likeness (QED) is 0.434. The lowest BCUT2D eigenvalue weighted by molar-refractivity contribution is -0.145. The van der Waals surface area contributed by atoms with Crippen molar-refractivity contribution in [2.45, 2.75) is 30.6 Å². The first kappa shape index (κ1) is 12.9. The van der Waals surface area contributed by atoms with Gasteiger partial charge in [-0.1, -0.05) is 24.9 Å². The van der Waals surface area contributed by atoms with E-state index < -0.39 is 22.2 Å². The maximum absolute atomic E-state index is 10.6. The van der Waals surface area contributed by atoms with Gasteiger partial charge >= 0.3 is 18.3 Å². The molecule has 0 aliphatic heterocycles. The van der Waals surface area contributed by atoms with Crippen LogP contribution < -0.4 is 0 Å². The second-order valence-corrected chi connectivity index (χ2v) is 8.26. The maximum Gasteiger partial charge on any atom is 0.593 e. The molecule has 6 heteroatoms. The van der Waals surface area contributed by atoms with Gasteiger partial charge in [-0.3, -0.25) is 4.79 Å². The van der Waals surface area contributed by atoms with Gasteiger partial charge in [0.25, 0.3) is 0 Å². The van der Waals surface area contributed by atoms with Crippen LogP contribution in [0.25, 0.3) is 0 Å². The molecule has 0 aliphatic carbocycles. The van der Waals surface area contributed by atoms with Gasteiger partial charge in [0.05, 0.1) is 0 Å². The van der Waals surface area contributed by atoms with Crippen LogP contribution >= 0.6 is 31.7 Å². The number of hydrogen-bond acceptors (Lipinski definition) is 2. The van der Waals surface area contributed by atoms with Crippen LogP contribution in [-0.4, -0.2) is 22.2 Å². The van der Waals surface area contributed by atoms with E-state index in [9.17, 15) is 4.79 Å². The number of alkyl halides is 1. The second kappa shape index (κ2) is 5.57. The first-order valence-electron chi connectivity index (χ1n) is 3.59. The van der Waals surface area contributed by atoms with E-state index in [4.69, 9.17) is 36.4 Å². The number of ether oxygens (including phenoxy) is 1.